The summed E-state index contributed by atoms with van der Waals surface area (Å²) in [6, 6.07) is 13.8. The first kappa shape index (κ1) is 23.1. The first-order chi connectivity index (χ1) is 14.6. The van der Waals surface area contributed by atoms with Crippen LogP contribution >= 0.6 is 0 Å². The quantitative estimate of drug-likeness (QED) is 0.666. The highest BCUT2D eigenvalue weighted by Gasteiger charge is 2.33. The second-order valence-corrected chi connectivity index (χ2v) is 9.26. The van der Waals surface area contributed by atoms with Crippen LogP contribution in [-0.4, -0.2) is 56.1 Å². The van der Waals surface area contributed by atoms with Crippen molar-refractivity contribution < 1.29 is 31.1 Å². The number of sulfonamides is 1. The summed E-state index contributed by atoms with van der Waals surface area (Å²) in [6.07, 6.45) is -4.52. The molecule has 2 aromatic rings. The van der Waals surface area contributed by atoms with Gasteiger partial charge in [0.25, 0.3) is 0 Å². The van der Waals surface area contributed by atoms with Crippen molar-refractivity contribution in [2.24, 2.45) is 0 Å². The Morgan fingerprint density at radius 2 is 1.58 bits per heavy atom. The minimum absolute atomic E-state index is 0.0398. The number of alkyl halides is 3. The number of ether oxygens (including phenoxy) is 1. The number of carbonyl (C=O) groups is 1. The van der Waals surface area contributed by atoms with Gasteiger partial charge >= 0.3 is 6.36 Å². The van der Waals surface area contributed by atoms with E-state index in [1.165, 1.54) is 4.31 Å². The van der Waals surface area contributed by atoms with E-state index in [4.69, 9.17) is 0 Å². The zero-order valence-corrected chi connectivity index (χ0v) is 17.7. The predicted octanol–water partition coefficient (Wildman–Crippen LogP) is 3.61. The molecular formula is C21H23F3N2O4S. The molecule has 3 rings (SSSR count). The van der Waals surface area contributed by atoms with Crippen LogP contribution in [-0.2, 0) is 14.8 Å². The van der Waals surface area contributed by atoms with Gasteiger partial charge in [-0.05, 0) is 35.7 Å². The summed E-state index contributed by atoms with van der Waals surface area (Å²) in [5.41, 5.74) is 1.06. The Balaban J connectivity index is 1.57. The van der Waals surface area contributed by atoms with Gasteiger partial charge in [-0.3, -0.25) is 4.79 Å². The van der Waals surface area contributed by atoms with Gasteiger partial charge in [0.1, 0.15) is 5.75 Å². The van der Waals surface area contributed by atoms with Crippen LogP contribution in [0.5, 0.6) is 5.75 Å². The molecule has 1 aliphatic rings. The average molecular weight is 456 g/mol. The van der Waals surface area contributed by atoms with E-state index >= 15 is 0 Å². The summed E-state index contributed by atoms with van der Waals surface area (Å²) in [6.45, 7) is 2.73. The number of hydrogen-bond donors (Lipinski definition) is 0. The molecule has 0 N–H and O–H groups in total. The fourth-order valence-electron chi connectivity index (χ4n) is 3.43. The number of carbonyl (C=O) groups excluding carboxylic acids is 1. The molecule has 31 heavy (non-hydrogen) atoms. The molecule has 1 aliphatic heterocycles. The van der Waals surface area contributed by atoms with Crippen molar-refractivity contribution in [3.63, 3.8) is 0 Å². The number of rotatable bonds is 6. The maximum Gasteiger partial charge on any atom is 0.573 e. The summed E-state index contributed by atoms with van der Waals surface area (Å²) in [5, 5.41) is 0. The van der Waals surface area contributed by atoms with Gasteiger partial charge in [0.05, 0.1) is 4.90 Å². The van der Waals surface area contributed by atoms with Crippen molar-refractivity contribution in [2.45, 2.75) is 30.5 Å². The summed E-state index contributed by atoms with van der Waals surface area (Å²) in [5.74, 6) is -0.482. The van der Waals surface area contributed by atoms with Crippen molar-refractivity contribution >= 4 is 15.9 Å². The lowest BCUT2D eigenvalue weighted by Gasteiger charge is -2.34. The number of halogens is 3. The molecule has 0 bridgehead atoms. The molecule has 1 heterocycles. The van der Waals surface area contributed by atoms with Crippen LogP contribution in [0.15, 0.2) is 59.5 Å². The number of amides is 1. The van der Waals surface area contributed by atoms with Crippen LogP contribution in [0.1, 0.15) is 24.8 Å². The third-order valence-electron chi connectivity index (χ3n) is 5.14. The molecule has 0 radical (unpaired) electrons. The summed E-state index contributed by atoms with van der Waals surface area (Å²) in [4.78, 5) is 14.1. The molecule has 0 aliphatic carbocycles. The zero-order chi connectivity index (χ0) is 22.6. The van der Waals surface area contributed by atoms with E-state index in [0.717, 1.165) is 29.8 Å². The molecule has 1 atom stereocenters. The van der Waals surface area contributed by atoms with E-state index in [1.807, 2.05) is 37.3 Å². The van der Waals surface area contributed by atoms with Crippen molar-refractivity contribution in [2.75, 3.05) is 26.2 Å². The van der Waals surface area contributed by atoms with Crippen LogP contribution in [0, 0.1) is 0 Å². The van der Waals surface area contributed by atoms with E-state index in [2.05, 4.69) is 4.74 Å². The van der Waals surface area contributed by atoms with E-state index in [-0.39, 0.29) is 42.9 Å². The number of hydrogen-bond acceptors (Lipinski definition) is 4. The third-order valence-corrected chi connectivity index (χ3v) is 7.05. The molecule has 2 aromatic carbocycles. The van der Waals surface area contributed by atoms with Crippen molar-refractivity contribution in [1.29, 1.82) is 0 Å². The molecule has 168 valence electrons. The van der Waals surface area contributed by atoms with Gasteiger partial charge in [-0.1, -0.05) is 37.3 Å². The van der Waals surface area contributed by atoms with Crippen molar-refractivity contribution in [3.8, 4) is 5.75 Å². The maximum absolute atomic E-state index is 12.8. The highest BCUT2D eigenvalue weighted by Crippen LogP contribution is 2.26. The predicted molar refractivity (Wildman–Crippen MR) is 108 cm³/mol. The van der Waals surface area contributed by atoms with Crippen LogP contribution in [0.4, 0.5) is 13.2 Å². The number of nitrogens with zero attached hydrogens (tertiary/aromatic N) is 2. The Kier molecular flexibility index (Phi) is 6.90. The highest BCUT2D eigenvalue weighted by atomic mass is 32.2. The summed E-state index contributed by atoms with van der Waals surface area (Å²) < 4.78 is 67.4. The van der Waals surface area contributed by atoms with Gasteiger partial charge in [0.2, 0.25) is 15.9 Å². The number of benzene rings is 2. The SMILES string of the molecule is CC(CC(=O)N1CCN(S(=O)(=O)c2ccc(OC(F)(F)F)cc2)CC1)c1ccccc1. The Labute approximate surface area is 179 Å². The van der Waals surface area contributed by atoms with Gasteiger partial charge in [0, 0.05) is 32.6 Å². The highest BCUT2D eigenvalue weighted by molar-refractivity contribution is 7.89. The molecule has 10 heteroatoms. The molecular weight excluding hydrogens is 433 g/mol. The van der Waals surface area contributed by atoms with E-state index in [1.54, 1.807) is 4.90 Å². The van der Waals surface area contributed by atoms with E-state index in [9.17, 15) is 26.4 Å². The van der Waals surface area contributed by atoms with E-state index < -0.39 is 22.1 Å². The third kappa shape index (κ3) is 5.98. The fraction of sp³-hybridized carbons (Fsp3) is 0.381. The lowest BCUT2D eigenvalue weighted by molar-refractivity contribution is -0.274. The Morgan fingerprint density at radius 1 is 1.00 bits per heavy atom. The topological polar surface area (TPSA) is 66.9 Å². The average Bonchev–Trinajstić information content (AvgIpc) is 2.73. The van der Waals surface area contributed by atoms with Gasteiger partial charge in [-0.2, -0.15) is 4.31 Å². The maximum atomic E-state index is 12.8. The molecule has 1 saturated heterocycles. The first-order valence-corrected chi connectivity index (χ1v) is 11.2. The lowest BCUT2D eigenvalue weighted by Crippen LogP contribution is -2.50. The van der Waals surface area contributed by atoms with Gasteiger partial charge < -0.3 is 9.64 Å². The lowest BCUT2D eigenvalue weighted by atomic mass is 9.97. The normalized spacial score (nSPS) is 16.7. The van der Waals surface area contributed by atoms with Gasteiger partial charge in [-0.25, -0.2) is 8.42 Å². The smallest absolute Gasteiger partial charge is 0.406 e. The van der Waals surface area contributed by atoms with Crippen LogP contribution in [0.25, 0.3) is 0 Å². The van der Waals surface area contributed by atoms with E-state index in [0.29, 0.717) is 6.42 Å². The molecule has 1 fully saturated rings. The standard InChI is InChI=1S/C21H23F3N2O4S/c1-16(17-5-3-2-4-6-17)15-20(27)25-11-13-26(14-12-25)31(28,29)19-9-7-18(8-10-19)30-21(22,23)24/h2-10,16H,11-15H2,1H3. The van der Waals surface area contributed by atoms with Crippen molar-refractivity contribution in [1.82, 2.24) is 9.21 Å². The molecule has 0 aromatic heterocycles. The van der Waals surface area contributed by atoms with Crippen molar-refractivity contribution in [3.05, 3.63) is 60.2 Å². The molecule has 0 saturated carbocycles. The van der Waals surface area contributed by atoms with Crippen LogP contribution in [0.2, 0.25) is 0 Å². The van der Waals surface area contributed by atoms with Gasteiger partial charge in [0.15, 0.2) is 0 Å². The minimum atomic E-state index is -4.85. The first-order valence-electron chi connectivity index (χ1n) is 9.75. The molecule has 1 unspecified atom stereocenters. The molecule has 1 amide bonds. The second kappa shape index (κ2) is 9.27. The largest absolute Gasteiger partial charge is 0.573 e. The van der Waals surface area contributed by atoms with Crippen LogP contribution in [0.3, 0.4) is 0 Å². The molecule has 0 spiro atoms. The number of piperazine rings is 1. The second-order valence-electron chi connectivity index (χ2n) is 7.32. The fourth-order valence-corrected chi connectivity index (χ4v) is 4.85. The Morgan fingerprint density at radius 3 is 2.13 bits per heavy atom. The monoisotopic (exact) mass is 456 g/mol. The Hall–Kier alpha value is -2.59. The molecule has 6 nitrogen and oxygen atoms in total. The summed E-state index contributed by atoms with van der Waals surface area (Å²) >= 11 is 0. The summed E-state index contributed by atoms with van der Waals surface area (Å²) in [7, 11) is -3.88. The van der Waals surface area contributed by atoms with Crippen LogP contribution < -0.4 is 4.74 Å². The Bertz CT molecular complexity index is 988. The zero-order valence-electron chi connectivity index (χ0n) is 16.9. The minimum Gasteiger partial charge on any atom is -0.406 e. The van der Waals surface area contributed by atoms with Gasteiger partial charge in [-0.15, -0.1) is 13.2 Å².